The van der Waals surface area contributed by atoms with Crippen LogP contribution in [-0.2, 0) is 9.53 Å². The van der Waals surface area contributed by atoms with Crippen LogP contribution in [0.15, 0.2) is 35.1 Å². The number of aryl methyl sites for hydroxylation is 1. The van der Waals surface area contributed by atoms with Crippen molar-refractivity contribution in [3.8, 4) is 11.3 Å². The highest BCUT2D eigenvalue weighted by Gasteiger charge is 2.42. The molecule has 2 fully saturated rings. The number of carbonyl (C=O) groups excluding carboxylic acids is 2. The van der Waals surface area contributed by atoms with Gasteiger partial charge in [0.2, 0.25) is 5.91 Å². The molecular weight excluding hydrogens is 408 g/mol. The zero-order chi connectivity index (χ0) is 22.7. The molecule has 4 rings (SSSR count). The Morgan fingerprint density at radius 2 is 2.12 bits per heavy atom. The number of rotatable bonds is 5. The molecule has 0 radical (unpaired) electrons. The second-order valence-corrected chi connectivity index (χ2v) is 9.40. The van der Waals surface area contributed by atoms with E-state index in [1.54, 1.807) is 0 Å². The highest BCUT2D eigenvalue weighted by atomic mass is 16.5. The lowest BCUT2D eigenvalue weighted by Crippen LogP contribution is -2.57. The van der Waals surface area contributed by atoms with E-state index in [2.05, 4.69) is 34.4 Å². The van der Waals surface area contributed by atoms with Crippen molar-refractivity contribution in [3.63, 3.8) is 0 Å². The van der Waals surface area contributed by atoms with E-state index in [0.29, 0.717) is 31.4 Å². The highest BCUT2D eigenvalue weighted by Crippen LogP contribution is 2.26. The Balaban J connectivity index is 1.55. The van der Waals surface area contributed by atoms with E-state index >= 15 is 0 Å². The zero-order valence-electron chi connectivity index (χ0n) is 19.0. The normalized spacial score (nSPS) is 21.4. The molecule has 2 N–H and O–H groups in total. The van der Waals surface area contributed by atoms with Crippen LogP contribution in [-0.4, -0.2) is 66.1 Å². The summed E-state index contributed by atoms with van der Waals surface area (Å²) in [6.45, 7) is 9.62. The Hall–Kier alpha value is -2.71. The number of carbonyl (C=O) groups is 2. The third-order valence-corrected chi connectivity index (χ3v) is 6.11. The van der Waals surface area contributed by atoms with Gasteiger partial charge >= 0.3 is 0 Å². The average molecular weight is 441 g/mol. The van der Waals surface area contributed by atoms with Crippen LogP contribution in [0.4, 0.5) is 0 Å². The maximum atomic E-state index is 13.2. The van der Waals surface area contributed by atoms with Gasteiger partial charge in [0.05, 0.1) is 5.54 Å². The molecular formula is C24H32N4O4. The Bertz CT molecular complexity index is 964. The largest absolute Gasteiger partial charge is 0.443 e. The third kappa shape index (κ3) is 5.02. The fourth-order valence-corrected chi connectivity index (χ4v) is 4.66. The average Bonchev–Trinajstić information content (AvgIpc) is 3.19. The Morgan fingerprint density at radius 1 is 1.34 bits per heavy atom. The van der Waals surface area contributed by atoms with Gasteiger partial charge in [0, 0.05) is 38.4 Å². The predicted octanol–water partition coefficient (Wildman–Crippen LogP) is 2.39. The number of hydrogen-bond donors (Lipinski definition) is 2. The highest BCUT2D eigenvalue weighted by molar-refractivity contribution is 6.00. The first-order valence-electron chi connectivity index (χ1n) is 11.3. The van der Waals surface area contributed by atoms with Crippen molar-refractivity contribution in [1.29, 1.82) is 0 Å². The topological polar surface area (TPSA) is 96.7 Å². The molecule has 1 aromatic heterocycles. The number of nitrogens with zero attached hydrogens (tertiary/aromatic N) is 2. The maximum Gasteiger partial charge on any atom is 0.274 e. The minimum Gasteiger partial charge on any atom is -0.443 e. The Morgan fingerprint density at radius 3 is 2.84 bits per heavy atom. The Labute approximate surface area is 188 Å². The molecule has 0 saturated carbocycles. The summed E-state index contributed by atoms with van der Waals surface area (Å²) in [5.41, 5.74) is 1.70. The van der Waals surface area contributed by atoms with Gasteiger partial charge in [-0.15, -0.1) is 0 Å². The monoisotopic (exact) mass is 440 g/mol. The summed E-state index contributed by atoms with van der Waals surface area (Å²) in [6, 6.07) is 7.03. The summed E-state index contributed by atoms with van der Waals surface area (Å²) in [4.78, 5) is 32.8. The van der Waals surface area contributed by atoms with Gasteiger partial charge < -0.3 is 19.8 Å². The molecule has 172 valence electrons. The van der Waals surface area contributed by atoms with E-state index in [0.717, 1.165) is 37.1 Å². The molecule has 2 aromatic rings. The zero-order valence-corrected chi connectivity index (χ0v) is 19.0. The molecule has 0 bridgehead atoms. The Kier molecular flexibility index (Phi) is 6.62. The van der Waals surface area contributed by atoms with Crippen LogP contribution in [0.2, 0.25) is 0 Å². The minimum atomic E-state index is -0.675. The molecule has 1 aromatic carbocycles. The molecule has 2 aliphatic heterocycles. The molecule has 8 heteroatoms. The van der Waals surface area contributed by atoms with Crippen LogP contribution in [0.5, 0.6) is 0 Å². The summed E-state index contributed by atoms with van der Waals surface area (Å²) >= 11 is 0. The predicted molar refractivity (Wildman–Crippen MR) is 120 cm³/mol. The van der Waals surface area contributed by atoms with Gasteiger partial charge in [-0.25, -0.2) is 4.98 Å². The first-order valence-corrected chi connectivity index (χ1v) is 11.3. The molecule has 1 atom stereocenters. The molecule has 2 amide bonds. The lowest BCUT2D eigenvalue weighted by molar-refractivity contribution is -0.125. The number of oxazole rings is 1. The fourth-order valence-electron chi connectivity index (χ4n) is 4.66. The first-order chi connectivity index (χ1) is 15.3. The molecule has 0 aliphatic carbocycles. The number of aromatic nitrogens is 1. The molecule has 2 saturated heterocycles. The van der Waals surface area contributed by atoms with E-state index < -0.39 is 11.9 Å². The summed E-state index contributed by atoms with van der Waals surface area (Å²) < 4.78 is 11.1. The van der Waals surface area contributed by atoms with Crippen molar-refractivity contribution in [1.82, 2.24) is 20.5 Å². The lowest BCUT2D eigenvalue weighted by atomic mass is 9.89. The summed E-state index contributed by atoms with van der Waals surface area (Å²) in [5.74, 6) is 0.273. The fraction of sp³-hybridized carbons (Fsp3) is 0.542. The van der Waals surface area contributed by atoms with Gasteiger partial charge in [-0.05, 0) is 31.7 Å². The summed E-state index contributed by atoms with van der Waals surface area (Å²) in [5, 5.41) is 6.15. The molecule has 1 unspecified atom stereocenters. The number of ether oxygens (including phenoxy) is 1. The lowest BCUT2D eigenvalue weighted by Gasteiger charge is -2.39. The smallest absolute Gasteiger partial charge is 0.274 e. The molecule has 3 heterocycles. The van der Waals surface area contributed by atoms with Crippen molar-refractivity contribution in [3.05, 3.63) is 41.9 Å². The quantitative estimate of drug-likeness (QED) is 0.741. The molecule has 2 aliphatic rings. The molecule has 1 spiro atoms. The molecule has 8 nitrogen and oxygen atoms in total. The van der Waals surface area contributed by atoms with Gasteiger partial charge in [0.25, 0.3) is 5.91 Å². The second-order valence-electron chi connectivity index (χ2n) is 9.40. The van der Waals surface area contributed by atoms with Gasteiger partial charge in [0.1, 0.15) is 6.04 Å². The molecule has 32 heavy (non-hydrogen) atoms. The van der Waals surface area contributed by atoms with Gasteiger partial charge in [-0.3, -0.25) is 14.5 Å². The van der Waals surface area contributed by atoms with Crippen molar-refractivity contribution in [2.45, 2.75) is 45.2 Å². The van der Waals surface area contributed by atoms with Crippen LogP contribution in [0.3, 0.4) is 0 Å². The van der Waals surface area contributed by atoms with E-state index in [4.69, 9.17) is 9.15 Å². The van der Waals surface area contributed by atoms with Crippen molar-refractivity contribution >= 4 is 11.8 Å². The third-order valence-electron chi connectivity index (χ3n) is 6.11. The van der Waals surface area contributed by atoms with Gasteiger partial charge in [-0.1, -0.05) is 37.6 Å². The number of hydrogen-bond acceptors (Lipinski definition) is 6. The maximum absolute atomic E-state index is 13.2. The summed E-state index contributed by atoms with van der Waals surface area (Å²) in [6.07, 6.45) is 2.81. The number of nitrogens with one attached hydrogen (secondary N) is 2. The van der Waals surface area contributed by atoms with E-state index in [1.807, 2.05) is 31.2 Å². The summed E-state index contributed by atoms with van der Waals surface area (Å²) in [7, 11) is 0. The number of amides is 2. The van der Waals surface area contributed by atoms with Crippen LogP contribution in [0, 0.1) is 12.8 Å². The van der Waals surface area contributed by atoms with E-state index in [-0.39, 0.29) is 17.1 Å². The van der Waals surface area contributed by atoms with Gasteiger partial charge in [0.15, 0.2) is 17.8 Å². The minimum absolute atomic E-state index is 0.160. The van der Waals surface area contributed by atoms with Crippen LogP contribution >= 0.6 is 0 Å². The number of benzene rings is 1. The SMILES string of the molecule is Cc1cccc(-c2ocnc2C(=O)NC2CN(CC(C)C)CC3(CCOCC3)NC2=O)c1. The van der Waals surface area contributed by atoms with Crippen LogP contribution < -0.4 is 10.6 Å². The van der Waals surface area contributed by atoms with Crippen LogP contribution in [0.25, 0.3) is 11.3 Å². The van der Waals surface area contributed by atoms with Crippen LogP contribution in [0.1, 0.15) is 42.7 Å². The van der Waals surface area contributed by atoms with E-state index in [1.165, 1.54) is 6.39 Å². The van der Waals surface area contributed by atoms with E-state index in [9.17, 15) is 9.59 Å². The van der Waals surface area contributed by atoms with Crippen molar-refractivity contribution in [2.24, 2.45) is 5.92 Å². The standard InChI is InChI=1S/C24H32N4O4/c1-16(2)12-28-13-19(22(29)27-24(14-28)7-9-31-10-8-24)26-23(30)20-21(32-15-25-20)18-6-4-5-17(3)11-18/h4-6,11,15-16,19H,7-10,12-14H2,1-3H3,(H,26,30)(H,27,29). The van der Waals surface area contributed by atoms with Crippen molar-refractivity contribution in [2.75, 3.05) is 32.8 Å². The first kappa shape index (κ1) is 22.5. The second kappa shape index (κ2) is 9.42. The van der Waals surface area contributed by atoms with Crippen molar-refractivity contribution < 1.29 is 18.7 Å². The van der Waals surface area contributed by atoms with Gasteiger partial charge in [-0.2, -0.15) is 0 Å².